The summed E-state index contributed by atoms with van der Waals surface area (Å²) in [6.45, 7) is 2.81. The zero-order valence-electron chi connectivity index (χ0n) is 20.6. The third kappa shape index (κ3) is 5.32. The summed E-state index contributed by atoms with van der Waals surface area (Å²) >= 11 is 0. The zero-order chi connectivity index (χ0) is 25.9. The molecule has 0 amide bonds. The van der Waals surface area contributed by atoms with Crippen molar-refractivity contribution in [2.75, 3.05) is 31.1 Å². The van der Waals surface area contributed by atoms with Crippen LogP contribution in [0.4, 0.5) is 5.69 Å². The maximum absolute atomic E-state index is 12.7. The molecule has 1 fully saturated rings. The first-order chi connectivity index (χ1) is 17.2. The largest absolute Gasteiger partial charge is 0.394 e. The summed E-state index contributed by atoms with van der Waals surface area (Å²) in [5.41, 5.74) is 4.02. The van der Waals surface area contributed by atoms with Crippen LogP contribution in [0, 0.1) is 11.3 Å². The lowest BCUT2D eigenvalue weighted by atomic mass is 10.0. The van der Waals surface area contributed by atoms with E-state index in [1.807, 2.05) is 17.7 Å². The number of anilines is 1. The Bertz CT molecular complexity index is 1430. The number of nitrogens with one attached hydrogen (secondary N) is 1. The minimum absolute atomic E-state index is 0.296. The first-order valence-corrected chi connectivity index (χ1v) is 13.6. The topological polar surface area (TPSA) is 119 Å². The third-order valence-electron chi connectivity index (χ3n) is 6.78. The van der Waals surface area contributed by atoms with Gasteiger partial charge in [-0.1, -0.05) is 18.2 Å². The van der Waals surface area contributed by atoms with E-state index < -0.39 is 27.6 Å². The lowest BCUT2D eigenvalue weighted by molar-refractivity contribution is 0.0989. The number of aliphatic hydroxyl groups excluding tert-OH is 2. The number of fused-ring (bicyclic) bond motifs is 1. The lowest BCUT2D eigenvalue weighted by Gasteiger charge is -2.29. The summed E-state index contributed by atoms with van der Waals surface area (Å²) < 4.78 is 29.4. The number of sulfonamides is 1. The predicted molar refractivity (Wildman–Crippen MR) is 143 cm³/mol. The molecular weight excluding hydrogens is 476 g/mol. The highest BCUT2D eigenvalue weighted by atomic mass is 32.2. The smallest absolute Gasteiger partial charge is 0.251 e. The van der Waals surface area contributed by atoms with E-state index in [2.05, 4.69) is 46.0 Å². The van der Waals surface area contributed by atoms with Crippen LogP contribution in [0.2, 0.25) is 0 Å². The fourth-order valence-electron chi connectivity index (χ4n) is 4.72. The predicted octanol–water partition coefficient (Wildman–Crippen LogP) is 3.36. The van der Waals surface area contributed by atoms with Gasteiger partial charge in [-0.2, -0.15) is 5.26 Å². The van der Waals surface area contributed by atoms with E-state index >= 15 is 0 Å². The average Bonchev–Trinajstić information content (AvgIpc) is 3.28. The number of hydrogen-bond donors (Lipinski definition) is 3. The molecule has 0 bridgehead atoms. The molecule has 9 heteroatoms. The molecule has 1 aromatic heterocycles. The number of nitrogens with zero attached hydrogens (tertiary/aromatic N) is 3. The number of piperidine rings is 1. The van der Waals surface area contributed by atoms with E-state index in [0.717, 1.165) is 29.7 Å². The van der Waals surface area contributed by atoms with Crippen LogP contribution in [0.25, 0.3) is 27.6 Å². The van der Waals surface area contributed by atoms with E-state index in [1.54, 1.807) is 19.1 Å². The first-order valence-electron chi connectivity index (χ1n) is 12.1. The van der Waals surface area contributed by atoms with Crippen LogP contribution in [0.1, 0.15) is 31.9 Å². The Kier molecular flexibility index (Phi) is 7.81. The van der Waals surface area contributed by atoms with Gasteiger partial charge in [0.25, 0.3) is 10.0 Å². The highest BCUT2D eigenvalue weighted by Gasteiger charge is 2.23. The van der Waals surface area contributed by atoms with Gasteiger partial charge in [-0.15, -0.1) is 0 Å². The van der Waals surface area contributed by atoms with Crippen LogP contribution in [0.5, 0.6) is 0 Å². The summed E-state index contributed by atoms with van der Waals surface area (Å²) in [4.78, 5) is 2.01. The van der Waals surface area contributed by atoms with Crippen molar-refractivity contribution in [1.29, 1.82) is 5.26 Å². The fraction of sp³-hybridized carbons (Fsp3) is 0.370. The molecular formula is C27H32N4O4S. The second-order valence-electron chi connectivity index (χ2n) is 9.21. The van der Waals surface area contributed by atoms with E-state index in [4.69, 9.17) is 5.11 Å². The Morgan fingerprint density at radius 3 is 2.47 bits per heavy atom. The Labute approximate surface area is 212 Å². The van der Waals surface area contributed by atoms with Gasteiger partial charge in [0.2, 0.25) is 0 Å². The standard InChI is InChI=1S/C27H32N4O4S/c1-19(27(16-28)36(34,35)29-17-24(33)18-32)25-10-11-26(30(25)2)22-7-6-21-15-23(9-8-20(21)14-22)31-12-4-3-5-13-31/h6-11,14-15,24,29,32-33H,3-5,12-13,17-18H2,1-2H3. The second-order valence-corrected chi connectivity index (χ2v) is 10.9. The van der Waals surface area contributed by atoms with Gasteiger partial charge in [0, 0.05) is 49.3 Å². The molecule has 1 aliphatic rings. The van der Waals surface area contributed by atoms with Gasteiger partial charge >= 0.3 is 0 Å². The molecule has 36 heavy (non-hydrogen) atoms. The van der Waals surface area contributed by atoms with Gasteiger partial charge in [0.05, 0.1) is 12.7 Å². The van der Waals surface area contributed by atoms with Crippen LogP contribution < -0.4 is 9.62 Å². The van der Waals surface area contributed by atoms with Gasteiger partial charge in [-0.25, -0.2) is 13.1 Å². The van der Waals surface area contributed by atoms with E-state index in [1.165, 1.54) is 30.3 Å². The first kappa shape index (κ1) is 25.9. The fourth-order valence-corrected chi connectivity index (χ4v) is 5.91. The number of hydrogen-bond acceptors (Lipinski definition) is 6. The maximum Gasteiger partial charge on any atom is 0.251 e. The molecule has 1 unspecified atom stereocenters. The highest BCUT2D eigenvalue weighted by molar-refractivity contribution is 7.93. The average molecular weight is 509 g/mol. The van der Waals surface area contributed by atoms with Gasteiger partial charge in [-0.05, 0) is 72.9 Å². The molecule has 0 aliphatic carbocycles. The highest BCUT2D eigenvalue weighted by Crippen LogP contribution is 2.31. The lowest BCUT2D eigenvalue weighted by Crippen LogP contribution is -2.34. The van der Waals surface area contributed by atoms with Crippen molar-refractivity contribution in [3.63, 3.8) is 0 Å². The summed E-state index contributed by atoms with van der Waals surface area (Å²) in [7, 11) is -2.32. The minimum atomic E-state index is -4.16. The monoisotopic (exact) mass is 508 g/mol. The van der Waals surface area contributed by atoms with Gasteiger partial charge in [0.1, 0.15) is 6.07 Å². The molecule has 3 N–H and O–H groups in total. The van der Waals surface area contributed by atoms with Gasteiger partial charge < -0.3 is 19.7 Å². The molecule has 8 nitrogen and oxygen atoms in total. The molecule has 0 spiro atoms. The molecule has 1 atom stereocenters. The molecule has 1 aliphatic heterocycles. The summed E-state index contributed by atoms with van der Waals surface area (Å²) in [5.74, 6) is 0. The second kappa shape index (κ2) is 10.8. The number of aliphatic hydroxyl groups is 2. The minimum Gasteiger partial charge on any atom is -0.394 e. The molecule has 1 saturated heterocycles. The normalized spacial score (nSPS) is 16.0. The number of nitriles is 1. The van der Waals surface area contributed by atoms with Crippen molar-refractivity contribution in [1.82, 2.24) is 9.29 Å². The Hall–Kier alpha value is -3.16. The van der Waals surface area contributed by atoms with Crippen LogP contribution in [-0.2, 0) is 17.1 Å². The van der Waals surface area contributed by atoms with Crippen LogP contribution in [-0.4, -0.2) is 55.5 Å². The van der Waals surface area contributed by atoms with Crippen LogP contribution >= 0.6 is 0 Å². The molecule has 190 valence electrons. The number of aromatic nitrogens is 1. The van der Waals surface area contributed by atoms with Crippen molar-refractivity contribution in [2.24, 2.45) is 7.05 Å². The number of benzene rings is 2. The summed E-state index contributed by atoms with van der Waals surface area (Å²) in [6, 6.07) is 18.3. The van der Waals surface area contributed by atoms with Crippen LogP contribution in [0.15, 0.2) is 53.4 Å². The summed E-state index contributed by atoms with van der Waals surface area (Å²) in [5, 5.41) is 30.3. The molecule has 0 radical (unpaired) electrons. The number of rotatable bonds is 8. The van der Waals surface area contributed by atoms with E-state index in [-0.39, 0.29) is 6.54 Å². The van der Waals surface area contributed by atoms with Crippen molar-refractivity contribution >= 4 is 32.1 Å². The van der Waals surface area contributed by atoms with E-state index in [9.17, 15) is 18.8 Å². The Morgan fingerprint density at radius 2 is 1.78 bits per heavy atom. The van der Waals surface area contributed by atoms with E-state index in [0.29, 0.717) is 11.3 Å². The molecule has 2 aromatic carbocycles. The van der Waals surface area contributed by atoms with Crippen molar-refractivity contribution < 1.29 is 18.6 Å². The Morgan fingerprint density at radius 1 is 1.08 bits per heavy atom. The Balaban J connectivity index is 1.64. The number of allylic oxidation sites excluding steroid dienone is 2. The SMILES string of the molecule is CC(=C(C#N)S(=O)(=O)NCC(O)CO)c1ccc(-c2ccc3cc(N4CCCCC4)ccc3c2)n1C. The maximum atomic E-state index is 12.7. The van der Waals surface area contributed by atoms with Crippen molar-refractivity contribution in [3.05, 3.63) is 59.1 Å². The third-order valence-corrected chi connectivity index (χ3v) is 8.26. The van der Waals surface area contributed by atoms with Crippen molar-refractivity contribution in [2.45, 2.75) is 32.3 Å². The zero-order valence-corrected chi connectivity index (χ0v) is 21.4. The van der Waals surface area contributed by atoms with Gasteiger partial charge in [-0.3, -0.25) is 0 Å². The quantitative estimate of drug-likeness (QED) is 0.402. The van der Waals surface area contributed by atoms with Crippen molar-refractivity contribution in [3.8, 4) is 17.3 Å². The van der Waals surface area contributed by atoms with Gasteiger partial charge in [0.15, 0.2) is 4.91 Å². The molecule has 0 saturated carbocycles. The summed E-state index contributed by atoms with van der Waals surface area (Å²) in [6.07, 6.45) is 2.52. The van der Waals surface area contributed by atoms with Crippen LogP contribution in [0.3, 0.4) is 0 Å². The molecule has 4 rings (SSSR count). The molecule has 3 aromatic rings. The molecule has 2 heterocycles.